The van der Waals surface area contributed by atoms with Crippen molar-refractivity contribution < 1.29 is 9.84 Å². The van der Waals surface area contributed by atoms with Crippen LogP contribution >= 0.6 is 0 Å². The molecule has 1 atom stereocenters. The van der Waals surface area contributed by atoms with Crippen LogP contribution in [0.15, 0.2) is 18.2 Å². The summed E-state index contributed by atoms with van der Waals surface area (Å²) in [4.78, 5) is 0. The lowest BCUT2D eigenvalue weighted by molar-refractivity contribution is 0.0586. The van der Waals surface area contributed by atoms with Crippen molar-refractivity contribution in [1.29, 1.82) is 0 Å². The molecule has 1 aromatic rings. The van der Waals surface area contributed by atoms with Gasteiger partial charge < -0.3 is 9.84 Å². The van der Waals surface area contributed by atoms with E-state index in [2.05, 4.69) is 39.8 Å². The summed E-state index contributed by atoms with van der Waals surface area (Å²) in [5.74, 6) is 1.35. The molecule has 0 aromatic heterocycles. The molecule has 0 amide bonds. The van der Waals surface area contributed by atoms with Gasteiger partial charge in [0.15, 0.2) is 0 Å². The van der Waals surface area contributed by atoms with Gasteiger partial charge in [0.1, 0.15) is 12.4 Å². The van der Waals surface area contributed by atoms with Gasteiger partial charge in [0.2, 0.25) is 0 Å². The second-order valence-corrected chi connectivity index (χ2v) is 7.17. The van der Waals surface area contributed by atoms with E-state index >= 15 is 0 Å². The monoisotopic (exact) mass is 276 g/mol. The molecule has 0 saturated heterocycles. The maximum atomic E-state index is 10.2. The van der Waals surface area contributed by atoms with Gasteiger partial charge in [0, 0.05) is 0 Å². The third-order valence-corrected chi connectivity index (χ3v) is 4.30. The molecule has 1 aliphatic rings. The molecule has 20 heavy (non-hydrogen) atoms. The van der Waals surface area contributed by atoms with E-state index < -0.39 is 0 Å². The number of benzene rings is 1. The summed E-state index contributed by atoms with van der Waals surface area (Å²) in [5, 5.41) is 10.2. The molecule has 0 radical (unpaired) electrons. The largest absolute Gasteiger partial charge is 0.491 e. The van der Waals surface area contributed by atoms with Crippen LogP contribution in [0.5, 0.6) is 5.75 Å². The SMILES string of the molecule is Cc1ccc(OCC(O)C2CCCC2)c(C(C)(C)C)c1. The lowest BCUT2D eigenvalue weighted by Crippen LogP contribution is -2.26. The molecule has 1 unspecified atom stereocenters. The summed E-state index contributed by atoms with van der Waals surface area (Å²) in [7, 11) is 0. The second-order valence-electron chi connectivity index (χ2n) is 7.17. The second kappa shape index (κ2) is 6.17. The predicted octanol–water partition coefficient (Wildman–Crippen LogP) is 4.22. The van der Waals surface area contributed by atoms with Crippen molar-refractivity contribution >= 4 is 0 Å². The van der Waals surface area contributed by atoms with E-state index in [1.54, 1.807) is 0 Å². The molecule has 1 aromatic carbocycles. The van der Waals surface area contributed by atoms with E-state index in [4.69, 9.17) is 4.74 Å². The van der Waals surface area contributed by atoms with Gasteiger partial charge in [-0.25, -0.2) is 0 Å². The van der Waals surface area contributed by atoms with Crippen molar-refractivity contribution in [2.24, 2.45) is 5.92 Å². The molecule has 2 rings (SSSR count). The first-order valence-electron chi connectivity index (χ1n) is 7.80. The van der Waals surface area contributed by atoms with Crippen LogP contribution in [0.3, 0.4) is 0 Å². The van der Waals surface area contributed by atoms with Gasteiger partial charge in [-0.15, -0.1) is 0 Å². The van der Waals surface area contributed by atoms with Gasteiger partial charge in [0.25, 0.3) is 0 Å². The minimum absolute atomic E-state index is 0.0552. The van der Waals surface area contributed by atoms with Gasteiger partial charge in [-0.3, -0.25) is 0 Å². The standard InChI is InChI=1S/C18H28O2/c1-13-9-10-17(15(11-13)18(2,3)4)20-12-16(19)14-7-5-6-8-14/h9-11,14,16,19H,5-8,12H2,1-4H3. The van der Waals surface area contributed by atoms with Crippen LogP contribution in [0.4, 0.5) is 0 Å². The molecule has 0 bridgehead atoms. The molecule has 112 valence electrons. The third kappa shape index (κ3) is 3.76. The average molecular weight is 276 g/mol. The number of hydrogen-bond acceptors (Lipinski definition) is 2. The first-order valence-corrected chi connectivity index (χ1v) is 7.80. The number of hydrogen-bond donors (Lipinski definition) is 1. The number of aliphatic hydroxyl groups is 1. The summed E-state index contributed by atoms with van der Waals surface area (Å²) in [6.07, 6.45) is 4.46. The molecule has 2 nitrogen and oxygen atoms in total. The van der Waals surface area contributed by atoms with Crippen molar-refractivity contribution in [2.75, 3.05) is 6.61 Å². The fourth-order valence-electron chi connectivity index (χ4n) is 3.01. The molecule has 2 heteroatoms. The summed E-state index contributed by atoms with van der Waals surface area (Å²) < 4.78 is 5.94. The molecular weight excluding hydrogens is 248 g/mol. The molecule has 1 saturated carbocycles. The van der Waals surface area contributed by atoms with Crippen molar-refractivity contribution in [1.82, 2.24) is 0 Å². The Bertz CT molecular complexity index is 439. The van der Waals surface area contributed by atoms with Crippen LogP contribution in [-0.4, -0.2) is 17.8 Å². The molecule has 1 fully saturated rings. The zero-order chi connectivity index (χ0) is 14.8. The van der Waals surface area contributed by atoms with Crippen LogP contribution in [-0.2, 0) is 5.41 Å². The third-order valence-electron chi connectivity index (χ3n) is 4.30. The number of aliphatic hydroxyl groups excluding tert-OH is 1. The van der Waals surface area contributed by atoms with E-state index in [9.17, 15) is 5.11 Å². The lowest BCUT2D eigenvalue weighted by atomic mass is 9.85. The molecule has 1 aliphatic carbocycles. The van der Waals surface area contributed by atoms with Gasteiger partial charge in [-0.1, -0.05) is 51.3 Å². The highest BCUT2D eigenvalue weighted by Crippen LogP contribution is 2.33. The highest BCUT2D eigenvalue weighted by atomic mass is 16.5. The van der Waals surface area contributed by atoms with Gasteiger partial charge in [-0.05, 0) is 42.7 Å². The van der Waals surface area contributed by atoms with Gasteiger partial charge >= 0.3 is 0 Å². The first-order chi connectivity index (χ1) is 9.38. The quantitative estimate of drug-likeness (QED) is 0.892. The Balaban J connectivity index is 2.05. The normalized spacial score (nSPS) is 18.2. The van der Waals surface area contributed by atoms with E-state index in [1.807, 2.05) is 6.07 Å². The lowest BCUT2D eigenvalue weighted by Gasteiger charge is -2.25. The van der Waals surface area contributed by atoms with Crippen molar-refractivity contribution in [3.8, 4) is 5.75 Å². The Hall–Kier alpha value is -1.02. The van der Waals surface area contributed by atoms with Gasteiger partial charge in [0.05, 0.1) is 6.10 Å². The Morgan fingerprint density at radius 3 is 2.50 bits per heavy atom. The summed E-state index contributed by atoms with van der Waals surface area (Å²) in [5.41, 5.74) is 2.52. The zero-order valence-corrected chi connectivity index (χ0v) is 13.3. The van der Waals surface area contributed by atoms with Crippen LogP contribution in [0.1, 0.15) is 57.6 Å². The smallest absolute Gasteiger partial charge is 0.123 e. The van der Waals surface area contributed by atoms with Crippen molar-refractivity contribution in [2.45, 2.75) is 64.9 Å². The van der Waals surface area contributed by atoms with E-state index in [0.717, 1.165) is 18.6 Å². The average Bonchev–Trinajstić information content (AvgIpc) is 2.89. The Morgan fingerprint density at radius 1 is 1.25 bits per heavy atom. The first kappa shape index (κ1) is 15.4. The molecule has 0 heterocycles. The summed E-state index contributed by atoms with van der Waals surface area (Å²) in [6.45, 7) is 9.11. The van der Waals surface area contributed by atoms with E-state index in [1.165, 1.54) is 24.0 Å². The maximum absolute atomic E-state index is 10.2. The number of aryl methyl sites for hydroxylation is 1. The highest BCUT2D eigenvalue weighted by Gasteiger charge is 2.25. The predicted molar refractivity (Wildman–Crippen MR) is 83.3 cm³/mol. The Labute approximate surface area is 123 Å². The number of rotatable bonds is 4. The van der Waals surface area contributed by atoms with Crippen molar-refractivity contribution in [3.63, 3.8) is 0 Å². The zero-order valence-electron chi connectivity index (χ0n) is 13.3. The highest BCUT2D eigenvalue weighted by molar-refractivity contribution is 5.41. The van der Waals surface area contributed by atoms with Gasteiger partial charge in [-0.2, -0.15) is 0 Å². The minimum Gasteiger partial charge on any atom is -0.491 e. The molecule has 0 aliphatic heterocycles. The summed E-state index contributed by atoms with van der Waals surface area (Å²) >= 11 is 0. The number of ether oxygens (including phenoxy) is 1. The summed E-state index contributed by atoms with van der Waals surface area (Å²) in [6, 6.07) is 6.31. The fourth-order valence-corrected chi connectivity index (χ4v) is 3.01. The van der Waals surface area contributed by atoms with Crippen LogP contribution < -0.4 is 4.74 Å². The van der Waals surface area contributed by atoms with Crippen LogP contribution in [0.25, 0.3) is 0 Å². The fraction of sp³-hybridized carbons (Fsp3) is 0.667. The molecular formula is C18H28O2. The van der Waals surface area contributed by atoms with E-state index in [-0.39, 0.29) is 11.5 Å². The van der Waals surface area contributed by atoms with Crippen LogP contribution in [0.2, 0.25) is 0 Å². The maximum Gasteiger partial charge on any atom is 0.123 e. The van der Waals surface area contributed by atoms with E-state index in [0.29, 0.717) is 12.5 Å². The Morgan fingerprint density at radius 2 is 1.90 bits per heavy atom. The molecule has 1 N–H and O–H groups in total. The van der Waals surface area contributed by atoms with Crippen LogP contribution in [0, 0.1) is 12.8 Å². The van der Waals surface area contributed by atoms with Crippen molar-refractivity contribution in [3.05, 3.63) is 29.3 Å². The topological polar surface area (TPSA) is 29.5 Å². The molecule has 0 spiro atoms. The Kier molecular flexibility index (Phi) is 4.74. The minimum atomic E-state index is -0.327.